The molecule has 0 aliphatic carbocycles. The molecular formula is C11H16ClNO2. The minimum atomic E-state index is -0.461. The van der Waals surface area contributed by atoms with Gasteiger partial charge in [-0.1, -0.05) is 11.6 Å². The molecule has 0 fully saturated rings. The van der Waals surface area contributed by atoms with Crippen LogP contribution in [0.15, 0.2) is 6.07 Å². The maximum Gasteiger partial charge on any atom is 0.126 e. The van der Waals surface area contributed by atoms with Gasteiger partial charge < -0.3 is 15.6 Å². The van der Waals surface area contributed by atoms with Gasteiger partial charge in [0.15, 0.2) is 0 Å². The number of aliphatic hydroxyl groups is 1. The van der Waals surface area contributed by atoms with Gasteiger partial charge in [0, 0.05) is 10.6 Å². The van der Waals surface area contributed by atoms with Crippen LogP contribution >= 0.6 is 11.6 Å². The van der Waals surface area contributed by atoms with Crippen LogP contribution in [0.5, 0.6) is 5.75 Å². The van der Waals surface area contributed by atoms with Crippen molar-refractivity contribution in [3.63, 3.8) is 0 Å². The summed E-state index contributed by atoms with van der Waals surface area (Å²) in [5.41, 5.74) is 8.39. The van der Waals surface area contributed by atoms with Gasteiger partial charge in [-0.25, -0.2) is 0 Å². The Bertz CT molecular complexity index is 366. The molecule has 1 aromatic carbocycles. The van der Waals surface area contributed by atoms with E-state index in [1.165, 1.54) is 0 Å². The van der Waals surface area contributed by atoms with Crippen LogP contribution in [0, 0.1) is 13.8 Å². The molecule has 3 nitrogen and oxygen atoms in total. The highest BCUT2D eigenvalue weighted by Gasteiger charge is 2.18. The monoisotopic (exact) mass is 229 g/mol. The van der Waals surface area contributed by atoms with Gasteiger partial charge >= 0.3 is 0 Å². The predicted octanol–water partition coefficient (Wildman–Crippen LogP) is 1.96. The molecule has 0 aliphatic rings. The van der Waals surface area contributed by atoms with Crippen LogP contribution in [0.2, 0.25) is 5.02 Å². The second kappa shape index (κ2) is 4.84. The average molecular weight is 230 g/mol. The molecule has 1 rings (SSSR count). The van der Waals surface area contributed by atoms with Crippen molar-refractivity contribution in [1.29, 1.82) is 0 Å². The Balaban J connectivity index is 3.43. The molecule has 4 heteroatoms. The standard InChI is InChI=1S/C11H16ClNO2/c1-6-4-8(12)7(2)10(9(13)5-14)11(6)15-3/h4,9,14H,5,13H2,1-3H3. The fraction of sp³-hybridized carbons (Fsp3) is 0.455. The van der Waals surface area contributed by atoms with Crippen molar-refractivity contribution in [3.8, 4) is 5.75 Å². The number of nitrogens with two attached hydrogens (primary N) is 1. The molecule has 0 radical (unpaired) electrons. The van der Waals surface area contributed by atoms with E-state index in [2.05, 4.69) is 0 Å². The van der Waals surface area contributed by atoms with Gasteiger partial charge in [0.2, 0.25) is 0 Å². The molecule has 0 saturated carbocycles. The van der Waals surface area contributed by atoms with Crippen LogP contribution in [0.25, 0.3) is 0 Å². The van der Waals surface area contributed by atoms with Crippen molar-refractivity contribution >= 4 is 11.6 Å². The minimum absolute atomic E-state index is 0.128. The molecule has 0 saturated heterocycles. The molecule has 0 amide bonds. The van der Waals surface area contributed by atoms with E-state index in [0.717, 1.165) is 16.7 Å². The summed E-state index contributed by atoms with van der Waals surface area (Å²) in [6, 6.07) is 1.38. The Labute approximate surface area is 94.8 Å². The van der Waals surface area contributed by atoms with Crippen molar-refractivity contribution in [2.24, 2.45) is 5.73 Å². The number of benzene rings is 1. The number of ether oxygens (including phenoxy) is 1. The Morgan fingerprint density at radius 3 is 2.60 bits per heavy atom. The smallest absolute Gasteiger partial charge is 0.126 e. The lowest BCUT2D eigenvalue weighted by Crippen LogP contribution is -2.17. The van der Waals surface area contributed by atoms with Crippen LogP contribution in [0.3, 0.4) is 0 Å². The summed E-state index contributed by atoms with van der Waals surface area (Å²) in [6.07, 6.45) is 0. The van der Waals surface area contributed by atoms with Gasteiger partial charge in [-0.3, -0.25) is 0 Å². The van der Waals surface area contributed by atoms with Crippen molar-refractivity contribution in [2.45, 2.75) is 19.9 Å². The highest BCUT2D eigenvalue weighted by molar-refractivity contribution is 6.31. The molecule has 3 N–H and O–H groups in total. The number of hydrogen-bond acceptors (Lipinski definition) is 3. The third kappa shape index (κ3) is 2.25. The number of aryl methyl sites for hydroxylation is 1. The number of hydrogen-bond donors (Lipinski definition) is 2. The van der Waals surface area contributed by atoms with Crippen LogP contribution < -0.4 is 10.5 Å². The first-order chi connectivity index (χ1) is 7.02. The zero-order chi connectivity index (χ0) is 11.6. The van der Waals surface area contributed by atoms with E-state index in [0.29, 0.717) is 10.8 Å². The zero-order valence-corrected chi connectivity index (χ0v) is 9.93. The first-order valence-corrected chi connectivity index (χ1v) is 5.10. The third-order valence-electron chi connectivity index (χ3n) is 2.48. The maximum atomic E-state index is 9.09. The second-order valence-corrected chi connectivity index (χ2v) is 3.94. The quantitative estimate of drug-likeness (QED) is 0.833. The summed E-state index contributed by atoms with van der Waals surface area (Å²) < 4.78 is 5.29. The SMILES string of the molecule is COc1c(C)cc(Cl)c(C)c1C(N)CO. The summed E-state index contributed by atoms with van der Waals surface area (Å²) in [4.78, 5) is 0. The lowest BCUT2D eigenvalue weighted by molar-refractivity contribution is 0.264. The number of methoxy groups -OCH3 is 1. The van der Waals surface area contributed by atoms with Crippen molar-refractivity contribution in [2.75, 3.05) is 13.7 Å². The number of aliphatic hydroxyl groups excluding tert-OH is 1. The zero-order valence-electron chi connectivity index (χ0n) is 9.17. The van der Waals surface area contributed by atoms with Gasteiger partial charge in [0.1, 0.15) is 5.75 Å². The summed E-state index contributed by atoms with van der Waals surface area (Å²) in [5, 5.41) is 9.74. The van der Waals surface area contributed by atoms with Crippen LogP contribution in [0.4, 0.5) is 0 Å². The Morgan fingerprint density at radius 1 is 1.53 bits per heavy atom. The highest BCUT2D eigenvalue weighted by Crippen LogP contribution is 2.35. The molecule has 0 bridgehead atoms. The molecule has 84 valence electrons. The Morgan fingerprint density at radius 2 is 2.13 bits per heavy atom. The fourth-order valence-electron chi connectivity index (χ4n) is 1.68. The fourth-order valence-corrected chi connectivity index (χ4v) is 1.95. The van der Waals surface area contributed by atoms with Crippen molar-refractivity contribution in [1.82, 2.24) is 0 Å². The topological polar surface area (TPSA) is 55.5 Å². The largest absolute Gasteiger partial charge is 0.496 e. The van der Waals surface area contributed by atoms with Crippen LogP contribution in [-0.4, -0.2) is 18.8 Å². The first kappa shape index (κ1) is 12.3. The van der Waals surface area contributed by atoms with Crippen LogP contribution in [-0.2, 0) is 0 Å². The first-order valence-electron chi connectivity index (χ1n) is 4.73. The highest BCUT2D eigenvalue weighted by atomic mass is 35.5. The summed E-state index contributed by atoms with van der Waals surface area (Å²) in [7, 11) is 1.59. The lowest BCUT2D eigenvalue weighted by atomic mass is 9.98. The van der Waals surface area contributed by atoms with Gasteiger partial charge in [-0.2, -0.15) is 0 Å². The molecule has 0 aliphatic heterocycles. The molecule has 1 atom stereocenters. The number of rotatable bonds is 3. The van der Waals surface area contributed by atoms with E-state index >= 15 is 0 Å². The van der Waals surface area contributed by atoms with Gasteiger partial charge in [-0.05, 0) is 31.0 Å². The second-order valence-electron chi connectivity index (χ2n) is 3.54. The molecule has 0 spiro atoms. The van der Waals surface area contributed by atoms with Crippen LogP contribution in [0.1, 0.15) is 22.7 Å². The molecule has 0 aromatic heterocycles. The molecule has 1 aromatic rings. The minimum Gasteiger partial charge on any atom is -0.496 e. The van der Waals surface area contributed by atoms with E-state index in [1.807, 2.05) is 19.9 Å². The van der Waals surface area contributed by atoms with Gasteiger partial charge in [0.05, 0.1) is 19.8 Å². The van der Waals surface area contributed by atoms with Crippen molar-refractivity contribution in [3.05, 3.63) is 27.8 Å². The summed E-state index contributed by atoms with van der Waals surface area (Å²) in [6.45, 7) is 3.64. The molecule has 0 heterocycles. The summed E-state index contributed by atoms with van der Waals surface area (Å²) in [5.74, 6) is 0.707. The average Bonchev–Trinajstić information content (AvgIpc) is 2.21. The molecular weight excluding hydrogens is 214 g/mol. The normalized spacial score (nSPS) is 12.7. The van der Waals surface area contributed by atoms with E-state index in [1.54, 1.807) is 7.11 Å². The maximum absolute atomic E-state index is 9.09. The van der Waals surface area contributed by atoms with Crippen molar-refractivity contribution < 1.29 is 9.84 Å². The Hall–Kier alpha value is -0.770. The summed E-state index contributed by atoms with van der Waals surface area (Å²) >= 11 is 6.06. The van der Waals surface area contributed by atoms with Gasteiger partial charge in [-0.15, -0.1) is 0 Å². The van der Waals surface area contributed by atoms with E-state index in [-0.39, 0.29) is 6.61 Å². The van der Waals surface area contributed by atoms with E-state index in [4.69, 9.17) is 27.2 Å². The molecule has 1 unspecified atom stereocenters. The lowest BCUT2D eigenvalue weighted by Gasteiger charge is -2.19. The molecule has 15 heavy (non-hydrogen) atoms. The third-order valence-corrected chi connectivity index (χ3v) is 2.87. The predicted molar refractivity (Wildman–Crippen MR) is 61.5 cm³/mol. The van der Waals surface area contributed by atoms with Gasteiger partial charge in [0.25, 0.3) is 0 Å². The Kier molecular flexibility index (Phi) is 3.97. The number of halogens is 1. The van der Waals surface area contributed by atoms with E-state index < -0.39 is 6.04 Å². The van der Waals surface area contributed by atoms with E-state index in [9.17, 15) is 0 Å².